The van der Waals surface area contributed by atoms with Crippen LogP contribution in [0.4, 0.5) is 0 Å². The van der Waals surface area contributed by atoms with E-state index in [-0.39, 0.29) is 18.0 Å². The van der Waals surface area contributed by atoms with Gasteiger partial charge in [0.15, 0.2) is 0 Å². The van der Waals surface area contributed by atoms with Crippen molar-refractivity contribution in [2.24, 2.45) is 5.73 Å². The van der Waals surface area contributed by atoms with Crippen LogP contribution in [0.3, 0.4) is 0 Å². The molecule has 0 aliphatic rings. The average molecular weight is 263 g/mol. The molecule has 1 unspecified atom stereocenters. The minimum Gasteiger partial charge on any atom is -0.388 e. The second-order valence-corrected chi connectivity index (χ2v) is 5.06. The monoisotopic (exact) mass is 263 g/mol. The molecule has 0 aromatic heterocycles. The predicted octanol–water partition coefficient (Wildman–Crippen LogP) is 2.41. The first-order valence-electron chi connectivity index (χ1n) is 6.70. The van der Waals surface area contributed by atoms with Crippen LogP contribution in [0, 0.1) is 5.41 Å². The highest BCUT2D eigenvalue weighted by atomic mass is 16.5. The zero-order valence-electron chi connectivity index (χ0n) is 12.1. The number of benzene rings is 1. The fourth-order valence-corrected chi connectivity index (χ4v) is 2.00. The minimum absolute atomic E-state index is 0.134. The van der Waals surface area contributed by atoms with Crippen molar-refractivity contribution in [3.05, 3.63) is 35.9 Å². The maximum Gasteiger partial charge on any atom is 0.0924 e. The van der Waals surface area contributed by atoms with Crippen LogP contribution in [-0.2, 0) is 4.74 Å². The summed E-state index contributed by atoms with van der Waals surface area (Å²) in [5, 5.41) is 7.53. The van der Waals surface area contributed by atoms with Gasteiger partial charge in [0.25, 0.3) is 0 Å². The summed E-state index contributed by atoms with van der Waals surface area (Å²) < 4.78 is 5.58. The summed E-state index contributed by atoms with van der Waals surface area (Å²) in [7, 11) is 2.05. The van der Waals surface area contributed by atoms with Crippen molar-refractivity contribution in [1.82, 2.24) is 4.90 Å². The topological polar surface area (TPSA) is 62.3 Å². The predicted molar refractivity (Wildman–Crippen MR) is 79.4 cm³/mol. The van der Waals surface area contributed by atoms with E-state index in [0.717, 1.165) is 6.54 Å². The summed E-state index contributed by atoms with van der Waals surface area (Å²) in [6.45, 7) is 5.58. The number of nitrogens with two attached hydrogens (primary N) is 1. The third-order valence-corrected chi connectivity index (χ3v) is 3.02. The second-order valence-electron chi connectivity index (χ2n) is 5.06. The Balaban J connectivity index is 2.66. The summed E-state index contributed by atoms with van der Waals surface area (Å²) in [6, 6.07) is 10.3. The number of hydrogen-bond donors (Lipinski definition) is 2. The van der Waals surface area contributed by atoms with Crippen LogP contribution in [-0.4, -0.2) is 37.0 Å². The van der Waals surface area contributed by atoms with Gasteiger partial charge in [0.05, 0.1) is 18.5 Å². The Kier molecular flexibility index (Phi) is 6.53. The lowest BCUT2D eigenvalue weighted by Gasteiger charge is -2.28. The number of nitrogens with one attached hydrogen (secondary N) is 1. The normalized spacial score (nSPS) is 12.9. The highest BCUT2D eigenvalue weighted by Crippen LogP contribution is 2.22. The second kappa shape index (κ2) is 7.92. The Bertz CT molecular complexity index is 378. The highest BCUT2D eigenvalue weighted by molar-refractivity contribution is 5.77. The van der Waals surface area contributed by atoms with Crippen LogP contribution in [0.25, 0.3) is 0 Å². The van der Waals surface area contributed by atoms with Gasteiger partial charge in [-0.25, -0.2) is 0 Å². The fraction of sp³-hybridized carbons (Fsp3) is 0.533. The van der Waals surface area contributed by atoms with E-state index in [0.29, 0.717) is 13.0 Å². The summed E-state index contributed by atoms with van der Waals surface area (Å²) in [5.41, 5.74) is 6.76. The van der Waals surface area contributed by atoms with E-state index in [1.54, 1.807) is 0 Å². The van der Waals surface area contributed by atoms with Crippen molar-refractivity contribution in [1.29, 1.82) is 5.41 Å². The van der Waals surface area contributed by atoms with Gasteiger partial charge in [-0.3, -0.25) is 10.3 Å². The number of amidine groups is 1. The van der Waals surface area contributed by atoms with Gasteiger partial charge in [0.1, 0.15) is 0 Å². The van der Waals surface area contributed by atoms with Crippen molar-refractivity contribution < 1.29 is 4.74 Å². The van der Waals surface area contributed by atoms with E-state index in [1.807, 2.05) is 39.1 Å². The summed E-state index contributed by atoms with van der Waals surface area (Å²) in [6.07, 6.45) is 0.790. The molecule has 1 aromatic carbocycles. The van der Waals surface area contributed by atoms with Crippen LogP contribution in [0.15, 0.2) is 30.3 Å². The first-order chi connectivity index (χ1) is 9.00. The fourth-order valence-electron chi connectivity index (χ4n) is 2.00. The minimum atomic E-state index is 0.134. The summed E-state index contributed by atoms with van der Waals surface area (Å²) in [4.78, 5) is 2.19. The maximum atomic E-state index is 7.53. The molecule has 1 aromatic rings. The van der Waals surface area contributed by atoms with Crippen LogP contribution in [0.5, 0.6) is 0 Å². The molecule has 106 valence electrons. The molecule has 1 atom stereocenters. The molecule has 4 nitrogen and oxygen atoms in total. The molecule has 0 saturated carbocycles. The Labute approximate surface area is 116 Å². The Morgan fingerprint density at radius 2 is 1.95 bits per heavy atom. The van der Waals surface area contributed by atoms with Gasteiger partial charge < -0.3 is 10.5 Å². The molecular weight excluding hydrogens is 238 g/mol. The number of ether oxygens (including phenoxy) is 1. The van der Waals surface area contributed by atoms with E-state index in [2.05, 4.69) is 17.0 Å². The van der Waals surface area contributed by atoms with E-state index in [1.165, 1.54) is 5.56 Å². The first-order valence-corrected chi connectivity index (χ1v) is 6.70. The molecule has 0 radical (unpaired) electrons. The molecule has 0 aliphatic carbocycles. The average Bonchev–Trinajstić information content (AvgIpc) is 2.36. The molecule has 19 heavy (non-hydrogen) atoms. The molecule has 0 fully saturated rings. The lowest BCUT2D eigenvalue weighted by molar-refractivity contribution is 0.0562. The number of likely N-dealkylation sites (N-methyl/N-ethyl adjacent to an activating group) is 1. The van der Waals surface area contributed by atoms with Crippen LogP contribution < -0.4 is 5.73 Å². The van der Waals surface area contributed by atoms with Crippen molar-refractivity contribution in [2.75, 3.05) is 20.2 Å². The molecule has 0 heterocycles. The third-order valence-electron chi connectivity index (χ3n) is 3.02. The van der Waals surface area contributed by atoms with Gasteiger partial charge >= 0.3 is 0 Å². The van der Waals surface area contributed by atoms with Gasteiger partial charge in [-0.05, 0) is 26.5 Å². The Morgan fingerprint density at radius 3 is 2.47 bits per heavy atom. The van der Waals surface area contributed by atoms with Crippen molar-refractivity contribution in [3.63, 3.8) is 0 Å². The highest BCUT2D eigenvalue weighted by Gasteiger charge is 2.17. The first kappa shape index (κ1) is 15.7. The zero-order chi connectivity index (χ0) is 14.3. The number of nitrogens with zero attached hydrogens (tertiary/aromatic N) is 1. The standard InChI is InChI=1S/C15H25N3O/c1-12(2)19-10-9-18(3)14(11-15(16)17)13-7-5-4-6-8-13/h4-8,12,14H,9-11H2,1-3H3,(H3,16,17). The lowest BCUT2D eigenvalue weighted by atomic mass is 10.0. The Hall–Kier alpha value is -1.39. The third kappa shape index (κ3) is 5.85. The van der Waals surface area contributed by atoms with E-state index < -0.39 is 0 Å². The quantitative estimate of drug-likeness (QED) is 0.559. The Morgan fingerprint density at radius 1 is 1.32 bits per heavy atom. The smallest absolute Gasteiger partial charge is 0.0924 e. The molecule has 0 amide bonds. The SMILES string of the molecule is CC(C)OCCN(C)C(CC(=N)N)c1ccccc1. The molecule has 4 heteroatoms. The van der Waals surface area contributed by atoms with Gasteiger partial charge in [-0.1, -0.05) is 30.3 Å². The molecule has 0 bridgehead atoms. The summed E-state index contributed by atoms with van der Waals surface area (Å²) >= 11 is 0. The molecule has 0 saturated heterocycles. The molecule has 0 aliphatic heterocycles. The van der Waals surface area contributed by atoms with Gasteiger partial charge in [0.2, 0.25) is 0 Å². The van der Waals surface area contributed by atoms with Crippen LogP contribution in [0.1, 0.15) is 31.9 Å². The zero-order valence-corrected chi connectivity index (χ0v) is 12.1. The van der Waals surface area contributed by atoms with Gasteiger partial charge in [0, 0.05) is 19.0 Å². The van der Waals surface area contributed by atoms with Crippen LogP contribution in [0.2, 0.25) is 0 Å². The van der Waals surface area contributed by atoms with Gasteiger partial charge in [-0.2, -0.15) is 0 Å². The maximum absolute atomic E-state index is 7.53. The van der Waals surface area contributed by atoms with Crippen molar-refractivity contribution in [3.8, 4) is 0 Å². The van der Waals surface area contributed by atoms with E-state index in [4.69, 9.17) is 15.9 Å². The number of hydrogen-bond acceptors (Lipinski definition) is 3. The van der Waals surface area contributed by atoms with E-state index in [9.17, 15) is 0 Å². The van der Waals surface area contributed by atoms with E-state index >= 15 is 0 Å². The van der Waals surface area contributed by atoms with Crippen LogP contribution >= 0.6 is 0 Å². The lowest BCUT2D eigenvalue weighted by Crippen LogP contribution is -2.31. The van der Waals surface area contributed by atoms with Gasteiger partial charge in [-0.15, -0.1) is 0 Å². The van der Waals surface area contributed by atoms with Crippen molar-refractivity contribution in [2.45, 2.75) is 32.4 Å². The molecular formula is C15H25N3O. The van der Waals surface area contributed by atoms with Crippen molar-refractivity contribution >= 4 is 5.84 Å². The molecule has 0 spiro atoms. The number of rotatable bonds is 8. The summed E-state index contributed by atoms with van der Waals surface area (Å²) in [5.74, 6) is 0.213. The molecule has 1 rings (SSSR count). The largest absolute Gasteiger partial charge is 0.388 e. The molecule has 3 N–H and O–H groups in total.